The van der Waals surface area contributed by atoms with Crippen LogP contribution in [0.15, 0.2) is 24.3 Å². The molecule has 4 heteroatoms. The van der Waals surface area contributed by atoms with E-state index >= 15 is 0 Å². The van der Waals surface area contributed by atoms with Crippen molar-refractivity contribution < 1.29 is 9.18 Å². The summed E-state index contributed by atoms with van der Waals surface area (Å²) in [6, 6.07) is 3.79. The summed E-state index contributed by atoms with van der Waals surface area (Å²) < 4.78 is 12.8. The van der Waals surface area contributed by atoms with E-state index in [0.29, 0.717) is 12.1 Å². The van der Waals surface area contributed by atoms with Gasteiger partial charge in [0, 0.05) is 12.1 Å². The lowest BCUT2D eigenvalue weighted by Gasteiger charge is -2.01. The van der Waals surface area contributed by atoms with E-state index in [9.17, 15) is 9.18 Å². The Kier molecular flexibility index (Phi) is 3.36. The number of carbonyl (C=O) groups excluding carboxylic acids is 1. The van der Waals surface area contributed by atoms with E-state index < -0.39 is 11.7 Å². The number of carbonyl (C=O) groups is 1. The Labute approximate surface area is 81.2 Å². The number of benzene rings is 1. The summed E-state index contributed by atoms with van der Waals surface area (Å²) in [7, 11) is 0. The number of halogens is 1. The average Bonchev–Trinajstić information content (AvgIpc) is 2.14. The second-order valence-electron chi connectivity index (χ2n) is 2.73. The van der Waals surface area contributed by atoms with E-state index in [1.54, 1.807) is 12.2 Å². The summed E-state index contributed by atoms with van der Waals surface area (Å²) in [5, 5.41) is 0. The van der Waals surface area contributed by atoms with E-state index in [0.717, 1.165) is 0 Å². The highest BCUT2D eigenvalue weighted by Gasteiger charge is 2.06. The first kappa shape index (κ1) is 10.4. The van der Waals surface area contributed by atoms with Gasteiger partial charge in [0.05, 0.1) is 0 Å². The van der Waals surface area contributed by atoms with Crippen LogP contribution in [0.1, 0.15) is 15.9 Å². The van der Waals surface area contributed by atoms with Crippen molar-refractivity contribution in [3.05, 3.63) is 41.2 Å². The molecule has 0 unspecified atom stereocenters. The van der Waals surface area contributed by atoms with Gasteiger partial charge in [0.15, 0.2) is 0 Å². The Morgan fingerprint density at radius 2 is 2.21 bits per heavy atom. The van der Waals surface area contributed by atoms with Crippen LogP contribution in [0.5, 0.6) is 0 Å². The third kappa shape index (κ3) is 2.40. The van der Waals surface area contributed by atoms with Crippen molar-refractivity contribution in [1.29, 1.82) is 0 Å². The maximum absolute atomic E-state index is 12.8. The van der Waals surface area contributed by atoms with Crippen LogP contribution < -0.4 is 11.5 Å². The molecule has 1 rings (SSSR count). The van der Waals surface area contributed by atoms with Crippen LogP contribution >= 0.6 is 0 Å². The van der Waals surface area contributed by atoms with Gasteiger partial charge in [0.25, 0.3) is 0 Å². The van der Waals surface area contributed by atoms with Gasteiger partial charge in [-0.1, -0.05) is 12.2 Å². The van der Waals surface area contributed by atoms with Crippen molar-refractivity contribution in [3.63, 3.8) is 0 Å². The van der Waals surface area contributed by atoms with E-state index in [-0.39, 0.29) is 5.56 Å². The molecule has 0 radical (unpaired) electrons. The highest BCUT2D eigenvalue weighted by molar-refractivity contribution is 5.96. The molecule has 0 aliphatic carbocycles. The minimum atomic E-state index is -0.582. The summed E-state index contributed by atoms with van der Waals surface area (Å²) in [6.07, 6.45) is 3.20. The molecule has 4 N–H and O–H groups in total. The molecule has 0 spiro atoms. The summed E-state index contributed by atoms with van der Waals surface area (Å²) in [4.78, 5) is 10.9. The summed E-state index contributed by atoms with van der Waals surface area (Å²) >= 11 is 0. The predicted molar refractivity (Wildman–Crippen MR) is 53.0 cm³/mol. The SMILES string of the molecule is NCC=Cc1cc(F)ccc1C(N)=O. The smallest absolute Gasteiger partial charge is 0.249 e. The van der Waals surface area contributed by atoms with E-state index in [2.05, 4.69) is 0 Å². The molecule has 1 aromatic carbocycles. The lowest BCUT2D eigenvalue weighted by Crippen LogP contribution is -2.12. The Bertz CT molecular complexity index is 374. The Balaban J connectivity index is 3.15. The van der Waals surface area contributed by atoms with Crippen LogP contribution in [-0.4, -0.2) is 12.5 Å². The third-order valence-electron chi connectivity index (χ3n) is 1.71. The second-order valence-corrected chi connectivity index (χ2v) is 2.73. The average molecular weight is 194 g/mol. The van der Waals surface area contributed by atoms with Gasteiger partial charge in [-0.25, -0.2) is 4.39 Å². The lowest BCUT2D eigenvalue weighted by atomic mass is 10.1. The standard InChI is InChI=1S/C10H11FN2O/c11-8-3-4-9(10(13)14)7(6-8)2-1-5-12/h1-4,6H,5,12H2,(H2,13,14). The number of amides is 1. The normalized spacial score (nSPS) is 10.7. The molecule has 1 aromatic rings. The minimum absolute atomic E-state index is 0.288. The maximum atomic E-state index is 12.8. The topological polar surface area (TPSA) is 69.1 Å². The monoisotopic (exact) mass is 194 g/mol. The van der Waals surface area contributed by atoms with Crippen molar-refractivity contribution in [3.8, 4) is 0 Å². The molecule has 0 fully saturated rings. The zero-order chi connectivity index (χ0) is 10.6. The van der Waals surface area contributed by atoms with E-state index in [1.165, 1.54) is 18.2 Å². The van der Waals surface area contributed by atoms with Crippen LogP contribution in [0.4, 0.5) is 4.39 Å². The summed E-state index contributed by atoms with van der Waals surface area (Å²) in [6.45, 7) is 0.328. The lowest BCUT2D eigenvalue weighted by molar-refractivity contribution is 0.1000. The third-order valence-corrected chi connectivity index (χ3v) is 1.71. The van der Waals surface area contributed by atoms with Crippen LogP contribution in [0.3, 0.4) is 0 Å². The molecule has 0 aromatic heterocycles. The van der Waals surface area contributed by atoms with Gasteiger partial charge in [0.2, 0.25) is 5.91 Å². The zero-order valence-electron chi connectivity index (χ0n) is 7.53. The molecule has 0 atom stereocenters. The van der Waals surface area contributed by atoms with Crippen molar-refractivity contribution in [1.82, 2.24) is 0 Å². The van der Waals surface area contributed by atoms with Crippen molar-refractivity contribution in [2.75, 3.05) is 6.54 Å². The van der Waals surface area contributed by atoms with Gasteiger partial charge in [0.1, 0.15) is 5.82 Å². The summed E-state index contributed by atoms with van der Waals surface area (Å²) in [5.74, 6) is -0.992. The quantitative estimate of drug-likeness (QED) is 0.750. The minimum Gasteiger partial charge on any atom is -0.366 e. The first-order valence-electron chi connectivity index (χ1n) is 4.11. The largest absolute Gasteiger partial charge is 0.366 e. The molecule has 1 amide bonds. The number of hydrogen-bond acceptors (Lipinski definition) is 2. The van der Waals surface area contributed by atoms with Gasteiger partial charge in [-0.3, -0.25) is 4.79 Å². The molecule has 0 aliphatic rings. The molecule has 3 nitrogen and oxygen atoms in total. The molecule has 0 heterocycles. The molecule has 74 valence electrons. The molecule has 0 saturated heterocycles. The zero-order valence-corrected chi connectivity index (χ0v) is 7.53. The molecule has 0 saturated carbocycles. The Morgan fingerprint density at radius 3 is 2.79 bits per heavy atom. The number of hydrogen-bond donors (Lipinski definition) is 2. The van der Waals surface area contributed by atoms with Crippen molar-refractivity contribution >= 4 is 12.0 Å². The van der Waals surface area contributed by atoms with Crippen LogP contribution in [0, 0.1) is 5.82 Å². The second kappa shape index (κ2) is 4.53. The van der Waals surface area contributed by atoms with Gasteiger partial charge in [-0.2, -0.15) is 0 Å². The first-order chi connectivity index (χ1) is 6.65. The van der Waals surface area contributed by atoms with Crippen molar-refractivity contribution in [2.45, 2.75) is 0 Å². The number of rotatable bonds is 3. The van der Waals surface area contributed by atoms with Crippen LogP contribution in [0.25, 0.3) is 6.08 Å². The number of primary amides is 1. The highest BCUT2D eigenvalue weighted by atomic mass is 19.1. The van der Waals surface area contributed by atoms with Gasteiger partial charge in [-0.15, -0.1) is 0 Å². The van der Waals surface area contributed by atoms with Crippen LogP contribution in [0.2, 0.25) is 0 Å². The van der Waals surface area contributed by atoms with Gasteiger partial charge < -0.3 is 11.5 Å². The number of nitrogens with two attached hydrogens (primary N) is 2. The first-order valence-corrected chi connectivity index (χ1v) is 4.11. The molecule has 14 heavy (non-hydrogen) atoms. The van der Waals surface area contributed by atoms with Crippen LogP contribution in [-0.2, 0) is 0 Å². The molecule has 0 bridgehead atoms. The highest BCUT2D eigenvalue weighted by Crippen LogP contribution is 2.12. The molecular weight excluding hydrogens is 183 g/mol. The summed E-state index contributed by atoms with van der Waals surface area (Å²) in [5.41, 5.74) is 11.1. The predicted octanol–water partition coefficient (Wildman–Crippen LogP) is 0.897. The fourth-order valence-electron chi connectivity index (χ4n) is 1.09. The van der Waals surface area contributed by atoms with E-state index in [1.807, 2.05) is 0 Å². The maximum Gasteiger partial charge on any atom is 0.249 e. The fourth-order valence-corrected chi connectivity index (χ4v) is 1.09. The van der Waals surface area contributed by atoms with Crippen molar-refractivity contribution in [2.24, 2.45) is 11.5 Å². The molecular formula is C10H11FN2O. The van der Waals surface area contributed by atoms with Gasteiger partial charge in [-0.05, 0) is 23.8 Å². The Morgan fingerprint density at radius 1 is 1.50 bits per heavy atom. The fraction of sp³-hybridized carbons (Fsp3) is 0.100. The van der Waals surface area contributed by atoms with Gasteiger partial charge >= 0.3 is 0 Å². The molecule has 0 aliphatic heterocycles. The van der Waals surface area contributed by atoms with E-state index in [4.69, 9.17) is 11.5 Å². The Hall–Kier alpha value is -1.68.